The Bertz CT molecular complexity index is 1260. The minimum atomic E-state index is -1.43. The van der Waals surface area contributed by atoms with Crippen LogP contribution >= 0.6 is 0 Å². The van der Waals surface area contributed by atoms with Gasteiger partial charge in [0.1, 0.15) is 5.75 Å². The zero-order chi connectivity index (χ0) is 32.3. The Labute approximate surface area is 254 Å². The molecule has 0 aliphatic carbocycles. The first-order valence-corrected chi connectivity index (χ1v) is 14.9. The molecule has 1 aromatic carbocycles. The summed E-state index contributed by atoms with van der Waals surface area (Å²) < 4.78 is 16.6. The van der Waals surface area contributed by atoms with Crippen molar-refractivity contribution in [1.29, 1.82) is 0 Å². The fourth-order valence-electron chi connectivity index (χ4n) is 5.55. The van der Waals surface area contributed by atoms with E-state index in [0.29, 0.717) is 48.4 Å². The number of hydrogen-bond donors (Lipinski definition) is 1. The molecule has 1 saturated heterocycles. The predicted octanol–water partition coefficient (Wildman–Crippen LogP) is 3.78. The molecule has 1 aromatic rings. The van der Waals surface area contributed by atoms with Crippen molar-refractivity contribution in [3.63, 3.8) is 0 Å². The average molecular weight is 603 g/mol. The smallest absolute Gasteiger partial charge is 0.413 e. The molecule has 1 atom stereocenters. The largest absolute Gasteiger partial charge is 0.476 e. The Kier molecular flexibility index (Phi) is 10.3. The molecule has 0 radical (unpaired) electrons. The van der Waals surface area contributed by atoms with Gasteiger partial charge in [-0.15, -0.1) is 0 Å². The van der Waals surface area contributed by atoms with Gasteiger partial charge in [0.15, 0.2) is 5.60 Å². The van der Waals surface area contributed by atoms with Crippen molar-refractivity contribution in [2.24, 2.45) is 0 Å². The van der Waals surface area contributed by atoms with E-state index < -0.39 is 23.5 Å². The molecular formula is C31H46N4O8. The Morgan fingerprint density at radius 3 is 2.47 bits per heavy atom. The number of hydrogen-bond acceptors (Lipinski definition) is 8. The number of nitrogens with zero attached hydrogens (tertiary/aromatic N) is 3. The monoisotopic (exact) mass is 602 g/mol. The fourth-order valence-corrected chi connectivity index (χ4v) is 5.55. The summed E-state index contributed by atoms with van der Waals surface area (Å²) in [5, 5.41) is 2.80. The highest BCUT2D eigenvalue weighted by Crippen LogP contribution is 2.40. The first kappa shape index (κ1) is 33.7. The number of esters is 1. The third-order valence-corrected chi connectivity index (χ3v) is 7.49. The van der Waals surface area contributed by atoms with Gasteiger partial charge >= 0.3 is 12.1 Å². The van der Waals surface area contributed by atoms with Crippen molar-refractivity contribution < 1.29 is 38.2 Å². The molecule has 12 nitrogen and oxygen atoms in total. The summed E-state index contributed by atoms with van der Waals surface area (Å²) >= 11 is 0. The number of benzene rings is 1. The van der Waals surface area contributed by atoms with Gasteiger partial charge in [-0.25, -0.2) is 4.79 Å². The molecule has 1 N–H and O–H groups in total. The molecule has 0 aromatic heterocycles. The van der Waals surface area contributed by atoms with E-state index in [0.717, 1.165) is 0 Å². The van der Waals surface area contributed by atoms with Gasteiger partial charge in [0.05, 0.1) is 11.7 Å². The number of carbonyl (C=O) groups is 5. The van der Waals surface area contributed by atoms with Crippen LogP contribution in [0.15, 0.2) is 12.1 Å². The average Bonchev–Trinajstić information content (AvgIpc) is 2.89. The van der Waals surface area contributed by atoms with E-state index >= 15 is 0 Å². The lowest BCUT2D eigenvalue weighted by Crippen LogP contribution is -2.55. The highest BCUT2D eigenvalue weighted by atomic mass is 16.7. The second kappa shape index (κ2) is 13.2. The summed E-state index contributed by atoms with van der Waals surface area (Å²) in [6.07, 6.45) is 1.05. The lowest BCUT2D eigenvalue weighted by Gasteiger charge is -2.42. The van der Waals surface area contributed by atoms with Crippen molar-refractivity contribution in [2.75, 3.05) is 31.1 Å². The summed E-state index contributed by atoms with van der Waals surface area (Å²) in [5.74, 6) is -2.13. The summed E-state index contributed by atoms with van der Waals surface area (Å²) in [5.41, 5.74) is 0.457. The Balaban J connectivity index is 1.89. The van der Waals surface area contributed by atoms with Crippen LogP contribution in [0.25, 0.3) is 0 Å². The molecular weight excluding hydrogens is 556 g/mol. The van der Waals surface area contributed by atoms with Crippen LogP contribution in [0.5, 0.6) is 5.75 Å². The van der Waals surface area contributed by atoms with Gasteiger partial charge < -0.3 is 34.2 Å². The van der Waals surface area contributed by atoms with Crippen LogP contribution in [-0.4, -0.2) is 89.2 Å². The maximum Gasteiger partial charge on any atom is 0.413 e. The van der Waals surface area contributed by atoms with Crippen LogP contribution < -0.4 is 15.0 Å². The van der Waals surface area contributed by atoms with Crippen molar-refractivity contribution in [3.05, 3.63) is 23.3 Å². The van der Waals surface area contributed by atoms with E-state index in [2.05, 4.69) is 5.32 Å². The maximum atomic E-state index is 14.2. The van der Waals surface area contributed by atoms with Gasteiger partial charge in [0.2, 0.25) is 5.91 Å². The van der Waals surface area contributed by atoms with Crippen LogP contribution in [0.1, 0.15) is 90.6 Å². The number of nitrogens with one attached hydrogen (secondary N) is 1. The standard InChI is InChI=1S/C31H46N4O8/c1-10-26(37)32-13-15-34-24-17-23(20(4)16-25(24)42-30(6,7)28(34)39)27(38)35(19(2)3)22-12-11-14-33(18-22)29(40)43-31(8,9)41-21(5)36/h16-17,19,22H,10-15,18H2,1-9H3,(H,32,37)/t22-/m1/s1. The minimum Gasteiger partial charge on any atom is -0.476 e. The number of anilines is 1. The number of likely N-dealkylation sites (tertiary alicyclic amines) is 1. The molecule has 238 valence electrons. The molecule has 0 spiro atoms. The normalized spacial score (nSPS) is 18.0. The number of rotatable bonds is 9. The summed E-state index contributed by atoms with van der Waals surface area (Å²) in [4.78, 5) is 68.7. The van der Waals surface area contributed by atoms with Gasteiger partial charge in [-0.05, 0) is 65.2 Å². The fraction of sp³-hybridized carbons (Fsp3) is 0.645. The lowest BCUT2D eigenvalue weighted by molar-refractivity contribution is -0.195. The van der Waals surface area contributed by atoms with Gasteiger partial charge in [0, 0.05) is 65.0 Å². The van der Waals surface area contributed by atoms with E-state index in [1.807, 2.05) is 20.8 Å². The number of aryl methyl sites for hydroxylation is 1. The quantitative estimate of drug-likeness (QED) is 0.333. The van der Waals surface area contributed by atoms with Crippen LogP contribution in [0.3, 0.4) is 0 Å². The predicted molar refractivity (Wildman–Crippen MR) is 160 cm³/mol. The van der Waals surface area contributed by atoms with Gasteiger partial charge in [-0.3, -0.25) is 19.2 Å². The molecule has 2 heterocycles. The zero-order valence-electron chi connectivity index (χ0n) is 26.9. The second-order valence-corrected chi connectivity index (χ2v) is 12.3. The zero-order valence-corrected chi connectivity index (χ0v) is 26.9. The molecule has 1 fully saturated rings. The Hall–Kier alpha value is -3.83. The van der Waals surface area contributed by atoms with Crippen molar-refractivity contribution in [1.82, 2.24) is 15.1 Å². The number of piperidine rings is 1. The number of carbonyl (C=O) groups excluding carboxylic acids is 5. The van der Waals surface area contributed by atoms with Crippen LogP contribution in [-0.2, 0) is 23.9 Å². The second-order valence-electron chi connectivity index (χ2n) is 12.3. The third-order valence-electron chi connectivity index (χ3n) is 7.49. The first-order valence-electron chi connectivity index (χ1n) is 14.9. The molecule has 2 aliphatic heterocycles. The Morgan fingerprint density at radius 2 is 1.86 bits per heavy atom. The van der Waals surface area contributed by atoms with Crippen LogP contribution in [0.4, 0.5) is 10.5 Å². The molecule has 4 amide bonds. The first-order chi connectivity index (χ1) is 20.0. The summed E-state index contributed by atoms with van der Waals surface area (Å²) in [7, 11) is 0. The maximum absolute atomic E-state index is 14.2. The molecule has 2 aliphatic rings. The topological polar surface area (TPSA) is 135 Å². The lowest BCUT2D eigenvalue weighted by atomic mass is 9.97. The third kappa shape index (κ3) is 7.97. The van der Waals surface area contributed by atoms with Crippen LogP contribution in [0.2, 0.25) is 0 Å². The highest BCUT2D eigenvalue weighted by Gasteiger charge is 2.42. The Morgan fingerprint density at radius 1 is 1.19 bits per heavy atom. The van der Waals surface area contributed by atoms with E-state index in [1.54, 1.807) is 42.7 Å². The van der Waals surface area contributed by atoms with E-state index in [4.69, 9.17) is 14.2 Å². The van der Waals surface area contributed by atoms with Gasteiger partial charge in [-0.1, -0.05) is 6.92 Å². The molecule has 0 saturated carbocycles. The highest BCUT2D eigenvalue weighted by molar-refractivity contribution is 6.05. The van der Waals surface area contributed by atoms with Crippen molar-refractivity contribution in [2.45, 2.75) is 105 Å². The minimum absolute atomic E-state index is 0.118. The number of amides is 4. The molecule has 0 unspecified atom stereocenters. The summed E-state index contributed by atoms with van der Waals surface area (Å²) in [6, 6.07) is 2.97. The van der Waals surface area contributed by atoms with E-state index in [9.17, 15) is 24.0 Å². The van der Waals surface area contributed by atoms with E-state index in [1.165, 1.54) is 25.7 Å². The number of ether oxygens (including phenoxy) is 3. The van der Waals surface area contributed by atoms with Crippen molar-refractivity contribution >= 4 is 35.5 Å². The number of fused-ring (bicyclic) bond motifs is 1. The van der Waals surface area contributed by atoms with Crippen molar-refractivity contribution in [3.8, 4) is 5.75 Å². The van der Waals surface area contributed by atoms with E-state index in [-0.39, 0.29) is 49.4 Å². The van der Waals surface area contributed by atoms with Gasteiger partial charge in [0.25, 0.3) is 17.6 Å². The molecule has 43 heavy (non-hydrogen) atoms. The van der Waals surface area contributed by atoms with Gasteiger partial charge in [-0.2, -0.15) is 0 Å². The SMILES string of the molecule is CCC(=O)NCCN1C(=O)C(C)(C)Oc2cc(C)c(C(=O)N(C(C)C)[C@@H]3CCCN(C(=O)OC(C)(C)OC(C)=O)C3)cc21. The molecule has 12 heteroatoms. The van der Waals surface area contributed by atoms with Crippen LogP contribution in [0, 0.1) is 6.92 Å². The molecule has 3 rings (SSSR count). The summed E-state index contributed by atoms with van der Waals surface area (Å²) in [6.45, 7) is 16.2. The molecule has 0 bridgehead atoms.